The normalized spacial score (nSPS) is 13.4. The summed E-state index contributed by atoms with van der Waals surface area (Å²) in [6.45, 7) is 3.21. The van der Waals surface area contributed by atoms with Crippen molar-refractivity contribution in [3.63, 3.8) is 0 Å². The average molecular weight is 417 g/mol. The number of aliphatic imine (C=N–C) groups is 1. The minimum Gasteiger partial charge on any atom is -0.497 e. The van der Waals surface area contributed by atoms with Gasteiger partial charge in [-0.05, 0) is 61.7 Å². The lowest BCUT2D eigenvalue weighted by Crippen LogP contribution is -2.37. The Bertz CT molecular complexity index is 772. The second kappa shape index (κ2) is 9.53. The van der Waals surface area contributed by atoms with Crippen LogP contribution in [0.5, 0.6) is 5.75 Å². The van der Waals surface area contributed by atoms with Crippen LogP contribution in [0.25, 0.3) is 0 Å². The first-order chi connectivity index (χ1) is 12.2. The molecular formula is C21H25BrN2O2. The molecule has 1 heterocycles. The van der Waals surface area contributed by atoms with Crippen LogP contribution in [0.1, 0.15) is 35.2 Å². The topological polar surface area (TPSA) is 41.9 Å². The third-order valence-corrected chi connectivity index (χ3v) is 4.44. The number of amidine groups is 1. The van der Waals surface area contributed by atoms with E-state index in [0.717, 1.165) is 43.1 Å². The van der Waals surface area contributed by atoms with Gasteiger partial charge in [-0.2, -0.15) is 0 Å². The lowest BCUT2D eigenvalue weighted by Gasteiger charge is -2.28. The van der Waals surface area contributed by atoms with Gasteiger partial charge >= 0.3 is 0 Å². The van der Waals surface area contributed by atoms with Gasteiger partial charge in [0.15, 0.2) is 5.78 Å². The van der Waals surface area contributed by atoms with E-state index in [2.05, 4.69) is 28.9 Å². The Morgan fingerprint density at radius 1 is 1.15 bits per heavy atom. The van der Waals surface area contributed by atoms with Gasteiger partial charge in [-0.25, -0.2) is 0 Å². The summed E-state index contributed by atoms with van der Waals surface area (Å²) < 4.78 is 5.17. The predicted octanol–water partition coefficient (Wildman–Crippen LogP) is 4.85. The molecule has 0 bridgehead atoms. The molecule has 0 aromatic heterocycles. The summed E-state index contributed by atoms with van der Waals surface area (Å²) >= 11 is 0. The molecule has 1 aliphatic heterocycles. The fourth-order valence-electron chi connectivity index (χ4n) is 3.04. The maximum atomic E-state index is 12.8. The van der Waals surface area contributed by atoms with Crippen LogP contribution in [0.15, 0.2) is 53.5 Å². The number of aryl methyl sites for hydroxylation is 1. The van der Waals surface area contributed by atoms with Crippen LogP contribution in [0.3, 0.4) is 0 Å². The summed E-state index contributed by atoms with van der Waals surface area (Å²) in [5.41, 5.74) is 2.90. The summed E-state index contributed by atoms with van der Waals surface area (Å²) in [7, 11) is 1.62. The van der Waals surface area contributed by atoms with Crippen molar-refractivity contribution in [2.24, 2.45) is 4.99 Å². The zero-order valence-electron chi connectivity index (χ0n) is 15.3. The molecule has 2 aromatic rings. The highest BCUT2D eigenvalue weighted by Gasteiger charge is 2.20. The Hall–Kier alpha value is -2.14. The Balaban J connectivity index is 0.00000243. The molecule has 3 rings (SSSR count). The van der Waals surface area contributed by atoms with Crippen LogP contribution in [0.2, 0.25) is 0 Å². The molecule has 0 spiro atoms. The van der Waals surface area contributed by atoms with E-state index in [9.17, 15) is 4.79 Å². The molecule has 0 N–H and O–H groups in total. The van der Waals surface area contributed by atoms with E-state index in [1.807, 2.05) is 36.4 Å². The molecule has 26 heavy (non-hydrogen) atoms. The molecule has 5 heteroatoms. The lowest BCUT2D eigenvalue weighted by molar-refractivity contribution is 0.100. The summed E-state index contributed by atoms with van der Waals surface area (Å²) in [4.78, 5) is 19.6. The molecule has 0 atom stereocenters. The summed E-state index contributed by atoms with van der Waals surface area (Å²) in [5.74, 6) is 1.85. The van der Waals surface area contributed by atoms with Gasteiger partial charge < -0.3 is 9.64 Å². The maximum Gasteiger partial charge on any atom is 0.182 e. The number of anilines is 1. The summed E-state index contributed by atoms with van der Waals surface area (Å²) in [5, 5.41) is 0. The number of benzene rings is 2. The lowest BCUT2D eigenvalue weighted by atomic mass is 10.1. The van der Waals surface area contributed by atoms with Gasteiger partial charge in [-0.1, -0.05) is 12.1 Å². The minimum atomic E-state index is 0. The molecular weight excluding hydrogens is 392 g/mol. The number of Topliss-reactive ketones (excluding diaryl/α,β-unsaturated/α-hetero) is 1. The van der Waals surface area contributed by atoms with Crippen LogP contribution in [0.4, 0.5) is 5.69 Å². The third kappa shape index (κ3) is 4.94. The van der Waals surface area contributed by atoms with Crippen molar-refractivity contribution >= 4 is 34.3 Å². The van der Waals surface area contributed by atoms with Gasteiger partial charge in [0, 0.05) is 24.2 Å². The van der Waals surface area contributed by atoms with E-state index in [0.29, 0.717) is 12.1 Å². The molecule has 0 saturated carbocycles. The standard InChI is InChI=1S/C21H24N2O2.BrH/c1-16-6-5-7-18(14-16)23(21-8-3-4-13-22-21)15-20(24)17-9-11-19(25-2)12-10-17;/h5-7,9-12,14H,3-4,8,13,15H2,1-2H3;1H. The summed E-state index contributed by atoms with van der Waals surface area (Å²) in [6.07, 6.45) is 3.17. The molecule has 0 radical (unpaired) electrons. The SMILES string of the molecule is Br.COc1ccc(C(=O)CN(C2=NCCCC2)c2cccc(C)c2)cc1. The number of hydrogen-bond acceptors (Lipinski definition) is 4. The number of rotatable bonds is 5. The molecule has 0 saturated heterocycles. The Kier molecular flexibility index (Phi) is 7.39. The van der Waals surface area contributed by atoms with Crippen LogP contribution in [-0.2, 0) is 0 Å². The molecule has 138 valence electrons. The molecule has 0 amide bonds. The zero-order valence-corrected chi connectivity index (χ0v) is 17.0. The van der Waals surface area contributed by atoms with E-state index in [1.54, 1.807) is 7.11 Å². The van der Waals surface area contributed by atoms with Crippen LogP contribution in [0, 0.1) is 6.92 Å². The highest BCUT2D eigenvalue weighted by atomic mass is 79.9. The van der Waals surface area contributed by atoms with Crippen LogP contribution in [-0.4, -0.2) is 31.8 Å². The number of ketones is 1. The summed E-state index contributed by atoms with van der Waals surface area (Å²) in [6, 6.07) is 15.5. The highest BCUT2D eigenvalue weighted by Crippen LogP contribution is 2.21. The smallest absolute Gasteiger partial charge is 0.182 e. The van der Waals surface area contributed by atoms with E-state index in [-0.39, 0.29) is 22.8 Å². The van der Waals surface area contributed by atoms with Crippen molar-refractivity contribution in [1.82, 2.24) is 0 Å². The van der Waals surface area contributed by atoms with E-state index < -0.39 is 0 Å². The number of carbonyl (C=O) groups is 1. The Morgan fingerprint density at radius 2 is 1.92 bits per heavy atom. The number of halogens is 1. The van der Waals surface area contributed by atoms with Gasteiger partial charge in [-0.3, -0.25) is 9.79 Å². The van der Waals surface area contributed by atoms with Gasteiger partial charge in [0.05, 0.1) is 13.7 Å². The molecule has 2 aromatic carbocycles. The molecule has 0 fully saturated rings. The quantitative estimate of drug-likeness (QED) is 0.653. The van der Waals surface area contributed by atoms with Crippen LogP contribution < -0.4 is 9.64 Å². The predicted molar refractivity (Wildman–Crippen MR) is 112 cm³/mol. The second-order valence-electron chi connectivity index (χ2n) is 6.33. The Labute approximate surface area is 165 Å². The van der Waals surface area contributed by atoms with Crippen molar-refractivity contribution < 1.29 is 9.53 Å². The van der Waals surface area contributed by atoms with E-state index in [1.165, 1.54) is 5.56 Å². The highest BCUT2D eigenvalue weighted by molar-refractivity contribution is 8.93. The minimum absolute atomic E-state index is 0. The van der Waals surface area contributed by atoms with Gasteiger partial charge in [0.25, 0.3) is 0 Å². The first-order valence-electron chi connectivity index (χ1n) is 8.72. The number of ether oxygens (including phenoxy) is 1. The third-order valence-electron chi connectivity index (χ3n) is 4.44. The van der Waals surface area contributed by atoms with Crippen molar-refractivity contribution in [2.45, 2.75) is 26.2 Å². The number of hydrogen-bond donors (Lipinski definition) is 0. The van der Waals surface area contributed by atoms with Crippen molar-refractivity contribution in [2.75, 3.05) is 25.1 Å². The van der Waals surface area contributed by atoms with Crippen molar-refractivity contribution in [3.05, 3.63) is 59.7 Å². The number of methoxy groups -OCH3 is 1. The molecule has 0 unspecified atom stereocenters. The molecule has 1 aliphatic rings. The fourth-order valence-corrected chi connectivity index (χ4v) is 3.04. The van der Waals surface area contributed by atoms with Gasteiger partial charge in [0.2, 0.25) is 0 Å². The fraction of sp³-hybridized carbons (Fsp3) is 0.333. The second-order valence-corrected chi connectivity index (χ2v) is 6.33. The molecule has 4 nitrogen and oxygen atoms in total. The van der Waals surface area contributed by atoms with Gasteiger partial charge in [-0.15, -0.1) is 17.0 Å². The Morgan fingerprint density at radius 3 is 2.54 bits per heavy atom. The van der Waals surface area contributed by atoms with E-state index >= 15 is 0 Å². The van der Waals surface area contributed by atoms with Gasteiger partial charge in [0.1, 0.15) is 11.6 Å². The van der Waals surface area contributed by atoms with Crippen molar-refractivity contribution in [1.29, 1.82) is 0 Å². The monoisotopic (exact) mass is 416 g/mol. The largest absolute Gasteiger partial charge is 0.497 e. The zero-order chi connectivity index (χ0) is 17.6. The first-order valence-corrected chi connectivity index (χ1v) is 8.72. The average Bonchev–Trinajstić information content (AvgIpc) is 2.66. The number of carbonyl (C=O) groups excluding carboxylic acids is 1. The van der Waals surface area contributed by atoms with E-state index in [4.69, 9.17) is 4.74 Å². The first kappa shape index (κ1) is 20.2. The van der Waals surface area contributed by atoms with Crippen LogP contribution >= 0.6 is 17.0 Å². The number of nitrogens with zero attached hydrogens (tertiary/aromatic N) is 2. The van der Waals surface area contributed by atoms with Crippen molar-refractivity contribution in [3.8, 4) is 5.75 Å². The molecule has 0 aliphatic carbocycles. The maximum absolute atomic E-state index is 12.8.